The van der Waals surface area contributed by atoms with Crippen molar-refractivity contribution in [1.82, 2.24) is 0 Å². The number of hydrogen-bond acceptors (Lipinski definition) is 1. The highest BCUT2D eigenvalue weighted by Crippen LogP contribution is 2.35. The molecule has 0 heterocycles. The highest BCUT2D eigenvalue weighted by molar-refractivity contribution is 6.31. The first-order valence-corrected chi connectivity index (χ1v) is 6.12. The van der Waals surface area contributed by atoms with Crippen LogP contribution in [0.25, 0.3) is 0 Å². The van der Waals surface area contributed by atoms with Crippen molar-refractivity contribution in [1.29, 1.82) is 0 Å². The van der Waals surface area contributed by atoms with Gasteiger partial charge in [-0.3, -0.25) is 4.79 Å². The zero-order valence-electron chi connectivity index (χ0n) is 9.33. The minimum atomic E-state index is -0.750. The highest BCUT2D eigenvalue weighted by atomic mass is 35.5. The maximum Gasteiger partial charge on any atom is 0.306 e. The molecule has 1 aromatic rings. The van der Waals surface area contributed by atoms with Gasteiger partial charge in [-0.25, -0.2) is 4.39 Å². The molecule has 1 aliphatic rings. The second kappa shape index (κ2) is 5.05. The van der Waals surface area contributed by atoms with Crippen molar-refractivity contribution < 1.29 is 14.3 Å². The fraction of sp³-hybridized carbons (Fsp3) is 0.462. The summed E-state index contributed by atoms with van der Waals surface area (Å²) in [5, 5.41) is 9.59. The van der Waals surface area contributed by atoms with E-state index in [1.165, 1.54) is 18.2 Å². The molecule has 0 radical (unpaired) electrons. The summed E-state index contributed by atoms with van der Waals surface area (Å²) in [6.45, 7) is 0. The molecule has 2 nitrogen and oxygen atoms in total. The number of carbonyl (C=O) groups is 1. The number of aliphatic carboxylic acids is 1. The van der Waals surface area contributed by atoms with E-state index >= 15 is 0 Å². The van der Waals surface area contributed by atoms with Crippen molar-refractivity contribution in [3.63, 3.8) is 0 Å². The van der Waals surface area contributed by atoms with Gasteiger partial charge in [0.2, 0.25) is 0 Å². The van der Waals surface area contributed by atoms with Gasteiger partial charge in [0.15, 0.2) is 0 Å². The lowest BCUT2D eigenvalue weighted by molar-refractivity contribution is -0.142. The Hall–Kier alpha value is -1.09. The van der Waals surface area contributed by atoms with Crippen LogP contribution in [-0.4, -0.2) is 11.1 Å². The molecule has 0 saturated heterocycles. The van der Waals surface area contributed by atoms with Crippen molar-refractivity contribution in [3.05, 3.63) is 34.6 Å². The van der Waals surface area contributed by atoms with Crippen LogP contribution in [0.5, 0.6) is 0 Å². The summed E-state index contributed by atoms with van der Waals surface area (Å²) >= 11 is 5.99. The molecular formula is C13H14ClFO2. The molecule has 0 spiro atoms. The van der Waals surface area contributed by atoms with E-state index in [0.29, 0.717) is 23.4 Å². The van der Waals surface area contributed by atoms with Crippen LogP contribution in [0, 0.1) is 17.7 Å². The summed E-state index contributed by atoms with van der Waals surface area (Å²) in [6.07, 6.45) is 3.07. The molecular weight excluding hydrogens is 243 g/mol. The fourth-order valence-electron chi connectivity index (χ4n) is 2.59. The first kappa shape index (κ1) is 12.4. The Morgan fingerprint density at radius 2 is 2.24 bits per heavy atom. The van der Waals surface area contributed by atoms with Gasteiger partial charge in [0.25, 0.3) is 0 Å². The summed E-state index contributed by atoms with van der Waals surface area (Å²) in [6, 6.07) is 4.24. The molecule has 1 aromatic carbocycles. The van der Waals surface area contributed by atoms with Crippen LogP contribution in [0.4, 0.5) is 4.39 Å². The molecule has 4 heteroatoms. The minimum Gasteiger partial charge on any atom is -0.481 e. The summed E-state index contributed by atoms with van der Waals surface area (Å²) in [5.41, 5.74) is 0.713. The number of carboxylic acids is 1. The van der Waals surface area contributed by atoms with Crippen molar-refractivity contribution in [2.75, 3.05) is 0 Å². The van der Waals surface area contributed by atoms with E-state index in [-0.39, 0.29) is 17.7 Å². The molecule has 17 heavy (non-hydrogen) atoms. The van der Waals surface area contributed by atoms with E-state index in [4.69, 9.17) is 16.7 Å². The Kier molecular flexibility index (Phi) is 3.67. The molecule has 2 atom stereocenters. The normalized spacial score (nSPS) is 23.9. The van der Waals surface area contributed by atoms with Crippen LogP contribution >= 0.6 is 11.6 Å². The predicted molar refractivity (Wildman–Crippen MR) is 63.6 cm³/mol. The second-order valence-electron chi connectivity index (χ2n) is 4.58. The molecule has 1 N–H and O–H groups in total. The quantitative estimate of drug-likeness (QED) is 0.898. The van der Waals surface area contributed by atoms with Gasteiger partial charge in [0.05, 0.1) is 5.92 Å². The number of carboxylic acid groups (broad SMARTS) is 1. The SMILES string of the molecule is O=C(O)C1CCCC1Cc1cc(F)ccc1Cl. The molecule has 0 amide bonds. The molecule has 1 saturated carbocycles. The summed E-state index contributed by atoms with van der Waals surface area (Å²) < 4.78 is 13.1. The first-order valence-electron chi connectivity index (χ1n) is 5.74. The number of rotatable bonds is 3. The topological polar surface area (TPSA) is 37.3 Å². The Bertz CT molecular complexity index is 433. The lowest BCUT2D eigenvalue weighted by Crippen LogP contribution is -2.20. The van der Waals surface area contributed by atoms with E-state index in [2.05, 4.69) is 0 Å². The van der Waals surface area contributed by atoms with Gasteiger partial charge in [-0.15, -0.1) is 0 Å². The Labute approximate surface area is 104 Å². The van der Waals surface area contributed by atoms with Crippen LogP contribution in [0.3, 0.4) is 0 Å². The van der Waals surface area contributed by atoms with Crippen LogP contribution in [-0.2, 0) is 11.2 Å². The minimum absolute atomic E-state index is 0.0757. The summed E-state index contributed by atoms with van der Waals surface area (Å²) in [4.78, 5) is 11.0. The maximum atomic E-state index is 13.1. The summed E-state index contributed by atoms with van der Waals surface area (Å²) in [7, 11) is 0. The molecule has 2 unspecified atom stereocenters. The van der Waals surface area contributed by atoms with Gasteiger partial charge in [0, 0.05) is 5.02 Å². The van der Waals surface area contributed by atoms with Crippen molar-refractivity contribution >= 4 is 17.6 Å². The van der Waals surface area contributed by atoms with Gasteiger partial charge < -0.3 is 5.11 Å². The number of benzene rings is 1. The van der Waals surface area contributed by atoms with Crippen LogP contribution in [0.2, 0.25) is 5.02 Å². The van der Waals surface area contributed by atoms with Gasteiger partial charge in [-0.1, -0.05) is 18.0 Å². The van der Waals surface area contributed by atoms with Crippen molar-refractivity contribution in [2.45, 2.75) is 25.7 Å². The molecule has 0 bridgehead atoms. The highest BCUT2D eigenvalue weighted by Gasteiger charge is 2.33. The van der Waals surface area contributed by atoms with Crippen molar-refractivity contribution in [3.8, 4) is 0 Å². The van der Waals surface area contributed by atoms with Gasteiger partial charge in [-0.05, 0) is 48.9 Å². The monoisotopic (exact) mass is 256 g/mol. The molecule has 2 rings (SSSR count). The second-order valence-corrected chi connectivity index (χ2v) is 4.98. The Morgan fingerprint density at radius 3 is 2.94 bits per heavy atom. The number of hydrogen-bond donors (Lipinski definition) is 1. The van der Waals surface area contributed by atoms with E-state index in [0.717, 1.165) is 12.8 Å². The van der Waals surface area contributed by atoms with E-state index in [1.54, 1.807) is 0 Å². The largest absolute Gasteiger partial charge is 0.481 e. The predicted octanol–water partition coefficient (Wildman–Crippen LogP) is 3.52. The third kappa shape index (κ3) is 2.78. The fourth-order valence-corrected chi connectivity index (χ4v) is 2.78. The van der Waals surface area contributed by atoms with E-state index < -0.39 is 5.97 Å². The average molecular weight is 257 g/mol. The van der Waals surface area contributed by atoms with Crippen LogP contribution < -0.4 is 0 Å². The van der Waals surface area contributed by atoms with Gasteiger partial charge in [0.1, 0.15) is 5.82 Å². The number of halogens is 2. The van der Waals surface area contributed by atoms with Gasteiger partial charge >= 0.3 is 5.97 Å². The third-order valence-electron chi connectivity index (χ3n) is 3.47. The molecule has 0 aromatic heterocycles. The summed E-state index contributed by atoms with van der Waals surface area (Å²) in [5.74, 6) is -1.31. The molecule has 0 aliphatic heterocycles. The molecule has 92 valence electrons. The average Bonchev–Trinajstić information content (AvgIpc) is 2.71. The standard InChI is InChI=1S/C13H14ClFO2/c14-12-5-4-10(15)7-9(12)6-8-2-1-3-11(8)13(16)17/h4-5,7-8,11H,1-3,6H2,(H,16,17). The molecule has 1 fully saturated rings. The Balaban J connectivity index is 2.15. The smallest absolute Gasteiger partial charge is 0.306 e. The zero-order valence-corrected chi connectivity index (χ0v) is 10.1. The van der Waals surface area contributed by atoms with Crippen LogP contribution in [0.15, 0.2) is 18.2 Å². The zero-order chi connectivity index (χ0) is 12.4. The first-order chi connectivity index (χ1) is 8.08. The Morgan fingerprint density at radius 1 is 1.47 bits per heavy atom. The van der Waals surface area contributed by atoms with Crippen molar-refractivity contribution in [2.24, 2.45) is 11.8 Å². The lowest BCUT2D eigenvalue weighted by atomic mass is 9.90. The van der Waals surface area contributed by atoms with Gasteiger partial charge in [-0.2, -0.15) is 0 Å². The maximum absolute atomic E-state index is 13.1. The lowest BCUT2D eigenvalue weighted by Gasteiger charge is -2.16. The third-order valence-corrected chi connectivity index (χ3v) is 3.83. The van der Waals surface area contributed by atoms with E-state index in [9.17, 15) is 9.18 Å². The molecule has 1 aliphatic carbocycles. The van der Waals surface area contributed by atoms with Crippen LogP contribution in [0.1, 0.15) is 24.8 Å². The van der Waals surface area contributed by atoms with E-state index in [1.807, 2.05) is 0 Å².